The molecule has 0 aliphatic carbocycles. The average Bonchev–Trinajstić information content (AvgIpc) is 2.51. The molecule has 0 saturated carbocycles. The average molecular weight is 315 g/mol. The summed E-state index contributed by atoms with van der Waals surface area (Å²) >= 11 is 0. The van der Waals surface area contributed by atoms with E-state index in [0.717, 1.165) is 5.56 Å². The monoisotopic (exact) mass is 315 g/mol. The molecule has 0 aromatic heterocycles. The van der Waals surface area contributed by atoms with Gasteiger partial charge in [-0.05, 0) is 31.2 Å². The molecular weight excluding hydrogens is 294 g/mol. The molecule has 0 heterocycles. The molecule has 8 heteroatoms. The minimum Gasteiger partial charge on any atom is -0.394 e. The van der Waals surface area contributed by atoms with E-state index in [9.17, 15) is 13.2 Å². The van der Waals surface area contributed by atoms with Gasteiger partial charge in [0.1, 0.15) is 0 Å². The predicted octanol–water partition coefficient (Wildman–Crippen LogP) is 0.165. The van der Waals surface area contributed by atoms with Crippen LogP contribution in [0.2, 0.25) is 0 Å². The molecular formula is C13H21N3O4S. The van der Waals surface area contributed by atoms with E-state index in [1.807, 2.05) is 6.92 Å². The summed E-state index contributed by atoms with van der Waals surface area (Å²) in [6.45, 7) is 2.02. The molecule has 0 aliphatic rings. The third kappa shape index (κ3) is 5.33. The maximum atomic E-state index is 11.6. The van der Waals surface area contributed by atoms with Gasteiger partial charge in [0.2, 0.25) is 10.0 Å². The van der Waals surface area contributed by atoms with Gasteiger partial charge in [-0.25, -0.2) is 17.9 Å². The maximum absolute atomic E-state index is 11.6. The van der Waals surface area contributed by atoms with Crippen LogP contribution in [0.5, 0.6) is 0 Å². The zero-order chi connectivity index (χ0) is 15.9. The van der Waals surface area contributed by atoms with E-state index < -0.39 is 10.0 Å². The Balaban J connectivity index is 2.55. The number of urea groups is 1. The van der Waals surface area contributed by atoms with E-state index in [0.29, 0.717) is 6.42 Å². The number of amides is 2. The van der Waals surface area contributed by atoms with Crippen LogP contribution in [-0.4, -0.2) is 39.3 Å². The van der Waals surface area contributed by atoms with Gasteiger partial charge in [0.25, 0.3) is 0 Å². The minimum atomic E-state index is -3.45. The maximum Gasteiger partial charge on any atom is 0.315 e. The van der Waals surface area contributed by atoms with E-state index >= 15 is 0 Å². The highest BCUT2D eigenvalue weighted by Gasteiger charge is 2.11. The van der Waals surface area contributed by atoms with E-state index in [-0.39, 0.29) is 30.1 Å². The van der Waals surface area contributed by atoms with Crippen molar-refractivity contribution in [3.05, 3.63) is 29.8 Å². The van der Waals surface area contributed by atoms with Crippen LogP contribution in [-0.2, 0) is 16.6 Å². The third-order valence-corrected chi connectivity index (χ3v) is 4.43. The van der Waals surface area contributed by atoms with Crippen LogP contribution >= 0.6 is 0 Å². The smallest absolute Gasteiger partial charge is 0.315 e. The number of aliphatic hydroxyl groups excluding tert-OH is 1. The number of carbonyl (C=O) groups is 1. The highest BCUT2D eigenvalue weighted by molar-refractivity contribution is 7.89. The van der Waals surface area contributed by atoms with Gasteiger partial charge in [-0.15, -0.1) is 0 Å². The Labute approximate surface area is 124 Å². The lowest BCUT2D eigenvalue weighted by Crippen LogP contribution is -2.43. The van der Waals surface area contributed by atoms with Gasteiger partial charge in [0, 0.05) is 6.54 Å². The topological polar surface area (TPSA) is 108 Å². The van der Waals surface area contributed by atoms with Crippen molar-refractivity contribution in [2.24, 2.45) is 0 Å². The molecule has 0 spiro atoms. The van der Waals surface area contributed by atoms with E-state index in [1.54, 1.807) is 12.1 Å². The van der Waals surface area contributed by atoms with E-state index in [1.165, 1.54) is 19.2 Å². The number of benzene rings is 1. The molecule has 4 N–H and O–H groups in total. The number of aliphatic hydroxyl groups is 1. The first kappa shape index (κ1) is 17.4. The Morgan fingerprint density at radius 1 is 1.29 bits per heavy atom. The molecule has 2 amide bonds. The fraction of sp³-hybridized carbons (Fsp3) is 0.462. The van der Waals surface area contributed by atoms with Crippen molar-refractivity contribution in [2.45, 2.75) is 30.8 Å². The first-order valence-corrected chi connectivity index (χ1v) is 8.09. The Kier molecular flexibility index (Phi) is 6.60. The van der Waals surface area contributed by atoms with E-state index in [2.05, 4.69) is 15.4 Å². The molecule has 1 aromatic rings. The first-order chi connectivity index (χ1) is 9.92. The molecule has 118 valence electrons. The fourth-order valence-corrected chi connectivity index (χ4v) is 2.33. The van der Waals surface area contributed by atoms with Gasteiger partial charge in [-0.1, -0.05) is 19.1 Å². The van der Waals surface area contributed by atoms with Gasteiger partial charge in [0.05, 0.1) is 17.5 Å². The van der Waals surface area contributed by atoms with Gasteiger partial charge in [-0.3, -0.25) is 0 Å². The number of rotatable bonds is 7. The van der Waals surface area contributed by atoms with E-state index in [4.69, 9.17) is 5.11 Å². The molecule has 0 bridgehead atoms. The Hall–Kier alpha value is -1.64. The van der Waals surface area contributed by atoms with Crippen molar-refractivity contribution in [1.82, 2.24) is 15.4 Å². The predicted molar refractivity (Wildman–Crippen MR) is 79.2 cm³/mol. The highest BCUT2D eigenvalue weighted by Crippen LogP contribution is 2.09. The lowest BCUT2D eigenvalue weighted by Gasteiger charge is -2.14. The first-order valence-electron chi connectivity index (χ1n) is 6.60. The molecule has 1 rings (SSSR count). The SMILES string of the molecule is CC[C@@H](CO)NC(=O)NCc1ccc(S(=O)(=O)NC)cc1. The zero-order valence-electron chi connectivity index (χ0n) is 12.1. The summed E-state index contributed by atoms with van der Waals surface area (Å²) in [6, 6.07) is 5.57. The summed E-state index contributed by atoms with van der Waals surface area (Å²) in [5, 5.41) is 14.3. The molecule has 0 aliphatic heterocycles. The molecule has 21 heavy (non-hydrogen) atoms. The Bertz CT molecular complexity index is 553. The summed E-state index contributed by atoms with van der Waals surface area (Å²) in [4.78, 5) is 11.7. The quantitative estimate of drug-likeness (QED) is 0.575. The molecule has 0 saturated heterocycles. The lowest BCUT2D eigenvalue weighted by molar-refractivity contribution is 0.214. The second kappa shape index (κ2) is 7.96. The molecule has 0 radical (unpaired) electrons. The third-order valence-electron chi connectivity index (χ3n) is 3.00. The van der Waals surface area contributed by atoms with Crippen LogP contribution in [0.3, 0.4) is 0 Å². The summed E-state index contributed by atoms with van der Waals surface area (Å²) < 4.78 is 25.3. The summed E-state index contributed by atoms with van der Waals surface area (Å²) in [5.41, 5.74) is 0.775. The van der Waals surface area contributed by atoms with Crippen molar-refractivity contribution in [3.63, 3.8) is 0 Å². The van der Waals surface area contributed by atoms with Gasteiger partial charge < -0.3 is 15.7 Å². The van der Waals surface area contributed by atoms with Crippen molar-refractivity contribution in [1.29, 1.82) is 0 Å². The van der Waals surface area contributed by atoms with Gasteiger partial charge >= 0.3 is 6.03 Å². The van der Waals surface area contributed by atoms with Crippen molar-refractivity contribution in [2.75, 3.05) is 13.7 Å². The van der Waals surface area contributed by atoms with Crippen LogP contribution in [0.15, 0.2) is 29.2 Å². The summed E-state index contributed by atoms with van der Waals surface area (Å²) in [5.74, 6) is 0. The standard InChI is InChI=1S/C13H21N3O4S/c1-3-11(9-17)16-13(18)15-8-10-4-6-12(7-5-10)21(19,20)14-2/h4-7,11,14,17H,3,8-9H2,1-2H3,(H2,15,16,18)/t11-/m0/s1. The molecule has 1 aromatic carbocycles. The van der Waals surface area contributed by atoms with Crippen molar-refractivity contribution >= 4 is 16.1 Å². The summed E-state index contributed by atoms with van der Waals surface area (Å²) in [7, 11) is -2.10. The normalized spacial score (nSPS) is 12.7. The Morgan fingerprint density at radius 2 is 1.90 bits per heavy atom. The number of carbonyl (C=O) groups excluding carboxylic acids is 1. The van der Waals surface area contributed by atoms with Gasteiger partial charge in [-0.2, -0.15) is 0 Å². The largest absolute Gasteiger partial charge is 0.394 e. The van der Waals surface area contributed by atoms with Crippen LogP contribution in [0, 0.1) is 0 Å². The van der Waals surface area contributed by atoms with Gasteiger partial charge in [0.15, 0.2) is 0 Å². The number of sulfonamides is 1. The fourth-order valence-electron chi connectivity index (χ4n) is 1.60. The Morgan fingerprint density at radius 3 is 2.38 bits per heavy atom. The molecule has 1 atom stereocenters. The zero-order valence-corrected chi connectivity index (χ0v) is 12.9. The number of nitrogens with one attached hydrogen (secondary N) is 3. The highest BCUT2D eigenvalue weighted by atomic mass is 32.2. The lowest BCUT2D eigenvalue weighted by atomic mass is 10.2. The molecule has 0 unspecified atom stereocenters. The number of hydrogen-bond donors (Lipinski definition) is 4. The van der Waals surface area contributed by atoms with Crippen LogP contribution in [0.25, 0.3) is 0 Å². The number of hydrogen-bond acceptors (Lipinski definition) is 4. The molecule has 7 nitrogen and oxygen atoms in total. The molecule has 0 fully saturated rings. The second-order valence-corrected chi connectivity index (χ2v) is 6.35. The second-order valence-electron chi connectivity index (χ2n) is 4.47. The van der Waals surface area contributed by atoms with Crippen LogP contribution in [0.1, 0.15) is 18.9 Å². The van der Waals surface area contributed by atoms with Crippen LogP contribution in [0.4, 0.5) is 4.79 Å². The van der Waals surface area contributed by atoms with Crippen molar-refractivity contribution in [3.8, 4) is 0 Å². The van der Waals surface area contributed by atoms with Crippen LogP contribution < -0.4 is 15.4 Å². The van der Waals surface area contributed by atoms with Crippen molar-refractivity contribution < 1.29 is 18.3 Å². The minimum absolute atomic E-state index is 0.111. The summed E-state index contributed by atoms with van der Waals surface area (Å²) in [6.07, 6.45) is 0.639.